The van der Waals surface area contributed by atoms with E-state index in [4.69, 9.17) is 24.8 Å². The number of fused-ring (bicyclic) bond motifs is 1. The van der Waals surface area contributed by atoms with E-state index < -0.39 is 0 Å². The second-order valence-corrected chi connectivity index (χ2v) is 10.1. The molecule has 1 aliphatic carbocycles. The maximum atomic E-state index is 8.91. The fourth-order valence-corrected chi connectivity index (χ4v) is 5.40. The molecule has 206 valence electrons. The first-order valence-electron chi connectivity index (χ1n) is 13.9. The molecule has 12 heteroatoms. The van der Waals surface area contributed by atoms with Crippen LogP contribution < -0.4 is 10.2 Å². The fraction of sp³-hybridized carbons (Fsp3) is 0.519. The van der Waals surface area contributed by atoms with Crippen LogP contribution in [0.25, 0.3) is 17.0 Å². The normalized spacial score (nSPS) is 16.9. The summed E-state index contributed by atoms with van der Waals surface area (Å²) >= 11 is 0. The Kier molecular flexibility index (Phi) is 7.93. The summed E-state index contributed by atoms with van der Waals surface area (Å²) in [5.41, 5.74) is 2.76. The lowest BCUT2D eigenvalue weighted by atomic mass is 10.2. The third-order valence-electron chi connectivity index (χ3n) is 7.58. The predicted molar refractivity (Wildman–Crippen MR) is 148 cm³/mol. The summed E-state index contributed by atoms with van der Waals surface area (Å²) in [7, 11) is 0. The molecule has 0 radical (unpaired) electrons. The van der Waals surface area contributed by atoms with Crippen LogP contribution in [0.15, 0.2) is 43.1 Å². The van der Waals surface area contributed by atoms with Crippen LogP contribution in [0, 0.1) is 0 Å². The zero-order chi connectivity index (χ0) is 26.4. The van der Waals surface area contributed by atoms with Gasteiger partial charge < -0.3 is 24.6 Å². The molecule has 1 aliphatic heterocycles. The number of anilines is 2. The van der Waals surface area contributed by atoms with E-state index >= 15 is 0 Å². The van der Waals surface area contributed by atoms with Gasteiger partial charge in [-0.3, -0.25) is 4.90 Å². The molecule has 2 fully saturated rings. The lowest BCUT2D eigenvalue weighted by Crippen LogP contribution is -2.48. The molecule has 2 aliphatic rings. The number of nitrogens with one attached hydrogen (secondary N) is 1. The van der Waals surface area contributed by atoms with Crippen molar-refractivity contribution in [3.8, 4) is 5.82 Å². The molecule has 0 atom stereocenters. The highest BCUT2D eigenvalue weighted by Gasteiger charge is 2.25. The van der Waals surface area contributed by atoms with Crippen LogP contribution in [0.3, 0.4) is 0 Å². The third kappa shape index (κ3) is 5.87. The number of piperazine rings is 1. The number of aliphatic hydroxyl groups excluding tert-OH is 1. The number of hydrogen-bond donors (Lipinski definition) is 2. The summed E-state index contributed by atoms with van der Waals surface area (Å²) in [4.78, 5) is 24.0. The van der Waals surface area contributed by atoms with Crippen molar-refractivity contribution in [1.29, 1.82) is 0 Å². The van der Waals surface area contributed by atoms with E-state index in [0.29, 0.717) is 25.8 Å². The highest BCUT2D eigenvalue weighted by molar-refractivity contribution is 5.84. The zero-order valence-corrected chi connectivity index (χ0v) is 22.2. The topological polar surface area (TPSA) is 122 Å². The maximum Gasteiger partial charge on any atom is 0.229 e. The predicted octanol–water partition coefficient (Wildman–Crippen LogP) is 2.27. The van der Waals surface area contributed by atoms with E-state index in [1.54, 1.807) is 10.9 Å². The Balaban J connectivity index is 1.20. The molecule has 39 heavy (non-hydrogen) atoms. The monoisotopic (exact) mass is 532 g/mol. The quantitative estimate of drug-likeness (QED) is 0.278. The number of aromatic nitrogens is 7. The Bertz CT molecular complexity index is 1330. The van der Waals surface area contributed by atoms with Crippen LogP contribution >= 0.6 is 0 Å². The van der Waals surface area contributed by atoms with E-state index in [1.165, 1.54) is 25.7 Å². The van der Waals surface area contributed by atoms with Gasteiger partial charge in [0.15, 0.2) is 22.8 Å². The molecular formula is C27H36N10O2. The molecule has 5 heterocycles. The van der Waals surface area contributed by atoms with E-state index in [9.17, 15) is 0 Å². The van der Waals surface area contributed by atoms with Gasteiger partial charge in [0.1, 0.15) is 0 Å². The summed E-state index contributed by atoms with van der Waals surface area (Å²) in [6.45, 7) is 6.07. The first kappa shape index (κ1) is 25.7. The summed E-state index contributed by atoms with van der Waals surface area (Å²) in [6, 6.07) is 6.35. The molecule has 0 amide bonds. The average molecular weight is 533 g/mol. The number of aliphatic hydroxyl groups is 1. The molecular weight excluding hydrogens is 496 g/mol. The second kappa shape index (κ2) is 12.1. The van der Waals surface area contributed by atoms with Crippen molar-refractivity contribution < 1.29 is 9.84 Å². The maximum absolute atomic E-state index is 8.91. The van der Waals surface area contributed by atoms with Gasteiger partial charge in [0.25, 0.3) is 0 Å². The molecule has 0 aromatic carbocycles. The number of hydrogen-bond acceptors (Lipinski definition) is 10. The minimum Gasteiger partial charge on any atom is -0.394 e. The summed E-state index contributed by atoms with van der Waals surface area (Å²) in [6.07, 6.45) is 12.3. The van der Waals surface area contributed by atoms with Gasteiger partial charge in [0, 0.05) is 63.9 Å². The van der Waals surface area contributed by atoms with Crippen LogP contribution in [-0.2, 0) is 11.3 Å². The van der Waals surface area contributed by atoms with Gasteiger partial charge in [-0.2, -0.15) is 15.1 Å². The third-order valence-corrected chi connectivity index (χ3v) is 7.58. The Morgan fingerprint density at radius 3 is 2.64 bits per heavy atom. The molecule has 1 saturated heterocycles. The molecule has 4 aromatic heterocycles. The van der Waals surface area contributed by atoms with Gasteiger partial charge in [-0.15, -0.1) is 0 Å². The molecule has 0 bridgehead atoms. The Hall–Kier alpha value is -3.61. The number of ether oxygens (including phenoxy) is 1. The van der Waals surface area contributed by atoms with E-state index in [-0.39, 0.29) is 6.61 Å². The first-order valence-corrected chi connectivity index (χ1v) is 13.9. The van der Waals surface area contributed by atoms with Gasteiger partial charge in [-0.05, 0) is 30.5 Å². The molecule has 6 rings (SSSR count). The number of nitrogens with zero attached hydrogens (tertiary/aromatic N) is 9. The highest BCUT2D eigenvalue weighted by atomic mass is 16.5. The SMILES string of the molecule is OCCOCCN1CCN(c2nc(NCc3ccc(-n4cccn4)nc3)c3ncn(C4CCCC4)c3n2)CC1. The summed E-state index contributed by atoms with van der Waals surface area (Å²) in [5, 5.41) is 16.7. The van der Waals surface area contributed by atoms with Gasteiger partial charge in [0.05, 0.1) is 26.1 Å². The van der Waals surface area contributed by atoms with Crippen LogP contribution in [0.4, 0.5) is 11.8 Å². The Morgan fingerprint density at radius 1 is 1.03 bits per heavy atom. The van der Waals surface area contributed by atoms with Gasteiger partial charge in [-0.1, -0.05) is 18.9 Å². The molecule has 2 N–H and O–H groups in total. The summed E-state index contributed by atoms with van der Waals surface area (Å²) < 4.78 is 9.45. The van der Waals surface area contributed by atoms with Crippen molar-refractivity contribution in [1.82, 2.24) is 39.2 Å². The van der Waals surface area contributed by atoms with Crippen LogP contribution in [-0.4, -0.2) is 96.8 Å². The van der Waals surface area contributed by atoms with Crippen LogP contribution in [0.5, 0.6) is 0 Å². The Labute approximate surface area is 227 Å². The standard InChI is InChI=1S/C27H36N10O2/c38-15-17-39-16-14-34-10-12-35(13-11-34)27-32-25(24-26(33-27)36(20-30-24)22-4-1-2-5-22)29-19-21-6-7-23(28-18-21)37-9-3-8-31-37/h3,6-9,18,20,22,38H,1-2,4-5,10-17,19H2,(H,29,32,33). The average Bonchev–Trinajstić information content (AvgIpc) is 3.77. The van der Waals surface area contributed by atoms with Gasteiger partial charge in [-0.25, -0.2) is 14.6 Å². The van der Waals surface area contributed by atoms with Gasteiger partial charge >= 0.3 is 0 Å². The Morgan fingerprint density at radius 2 is 1.90 bits per heavy atom. The van der Waals surface area contributed by atoms with Crippen molar-refractivity contribution in [3.63, 3.8) is 0 Å². The van der Waals surface area contributed by atoms with Crippen LogP contribution in [0.2, 0.25) is 0 Å². The largest absolute Gasteiger partial charge is 0.394 e. The lowest BCUT2D eigenvalue weighted by Gasteiger charge is -2.34. The minimum absolute atomic E-state index is 0.0640. The van der Waals surface area contributed by atoms with Crippen molar-refractivity contribution in [3.05, 3.63) is 48.7 Å². The molecule has 4 aromatic rings. The molecule has 12 nitrogen and oxygen atoms in total. The van der Waals surface area contributed by atoms with Crippen LogP contribution in [0.1, 0.15) is 37.3 Å². The van der Waals surface area contributed by atoms with E-state index in [0.717, 1.165) is 67.0 Å². The van der Waals surface area contributed by atoms with Crippen molar-refractivity contribution in [2.45, 2.75) is 38.3 Å². The van der Waals surface area contributed by atoms with Gasteiger partial charge in [0.2, 0.25) is 5.95 Å². The van der Waals surface area contributed by atoms with Crippen molar-refractivity contribution >= 4 is 22.9 Å². The van der Waals surface area contributed by atoms with Crippen molar-refractivity contribution in [2.75, 3.05) is 62.8 Å². The molecule has 0 unspecified atom stereocenters. The zero-order valence-electron chi connectivity index (χ0n) is 22.2. The fourth-order valence-electron chi connectivity index (χ4n) is 5.40. The van der Waals surface area contributed by atoms with E-state index in [2.05, 4.69) is 35.8 Å². The number of pyridine rings is 1. The molecule has 1 saturated carbocycles. The summed E-state index contributed by atoms with van der Waals surface area (Å²) in [5.74, 6) is 2.28. The second-order valence-electron chi connectivity index (χ2n) is 10.1. The molecule has 0 spiro atoms. The smallest absolute Gasteiger partial charge is 0.229 e. The minimum atomic E-state index is 0.0640. The highest BCUT2D eigenvalue weighted by Crippen LogP contribution is 2.33. The van der Waals surface area contributed by atoms with E-state index in [1.807, 2.05) is 30.9 Å². The first-order chi connectivity index (χ1) is 19.3. The van der Waals surface area contributed by atoms with Crippen molar-refractivity contribution in [2.24, 2.45) is 0 Å². The number of imidazole rings is 1. The number of rotatable bonds is 11. The lowest BCUT2D eigenvalue weighted by molar-refractivity contribution is 0.0724.